The maximum absolute atomic E-state index is 12.4. The fourth-order valence-corrected chi connectivity index (χ4v) is 2.59. The molecule has 124 valence electrons. The van der Waals surface area contributed by atoms with Crippen molar-refractivity contribution in [1.82, 2.24) is 4.90 Å². The summed E-state index contributed by atoms with van der Waals surface area (Å²) < 4.78 is 14.6. The number of methoxy groups -OCH3 is 2. The van der Waals surface area contributed by atoms with Gasteiger partial charge in [-0.3, -0.25) is 4.90 Å². The van der Waals surface area contributed by atoms with Gasteiger partial charge in [-0.25, -0.2) is 14.4 Å². The molecule has 1 aromatic rings. The smallest absolute Gasteiger partial charge is 0.411 e. The van der Waals surface area contributed by atoms with Crippen LogP contribution in [0.25, 0.3) is 0 Å². The summed E-state index contributed by atoms with van der Waals surface area (Å²) in [5, 5.41) is 0. The number of carbonyl (C=O) groups excluding carboxylic acids is 3. The van der Waals surface area contributed by atoms with Gasteiger partial charge >= 0.3 is 18.0 Å². The number of hydrogen-bond acceptors (Lipinski definition) is 6. The normalized spacial score (nSPS) is 20.0. The molecule has 7 nitrogen and oxygen atoms in total. The highest BCUT2D eigenvalue weighted by Crippen LogP contribution is 2.27. The van der Waals surface area contributed by atoms with Gasteiger partial charge in [0.05, 0.1) is 14.2 Å². The molecule has 2 rings (SSSR count). The standard InChI is InChI=1S/C16H19NO6/c1-21-14(18)12-8-9-13(15(19)22-2)17(12)16(20)23-10-11-6-4-3-5-7-11/h3-7,12-13H,8-10H2,1-2H3/t12-,13-/m1/s1. The van der Waals surface area contributed by atoms with E-state index in [0.29, 0.717) is 12.8 Å². The zero-order valence-corrected chi connectivity index (χ0v) is 13.1. The highest BCUT2D eigenvalue weighted by atomic mass is 16.6. The average molecular weight is 321 g/mol. The molecule has 0 N–H and O–H groups in total. The lowest BCUT2D eigenvalue weighted by atomic mass is 10.2. The molecule has 1 fully saturated rings. The van der Waals surface area contributed by atoms with E-state index >= 15 is 0 Å². The third-order valence-electron chi connectivity index (χ3n) is 3.75. The summed E-state index contributed by atoms with van der Waals surface area (Å²) in [5.41, 5.74) is 0.810. The van der Waals surface area contributed by atoms with Crippen LogP contribution in [0.2, 0.25) is 0 Å². The second kappa shape index (κ2) is 7.62. The first-order valence-electron chi connectivity index (χ1n) is 7.23. The number of nitrogens with zero attached hydrogens (tertiary/aromatic N) is 1. The van der Waals surface area contributed by atoms with Crippen LogP contribution < -0.4 is 0 Å². The monoisotopic (exact) mass is 321 g/mol. The third-order valence-corrected chi connectivity index (χ3v) is 3.75. The van der Waals surface area contributed by atoms with Crippen LogP contribution in [0.3, 0.4) is 0 Å². The van der Waals surface area contributed by atoms with Gasteiger partial charge in [-0.05, 0) is 18.4 Å². The molecule has 1 heterocycles. The van der Waals surface area contributed by atoms with E-state index in [4.69, 9.17) is 14.2 Å². The van der Waals surface area contributed by atoms with Crippen LogP contribution in [-0.4, -0.2) is 49.2 Å². The summed E-state index contributed by atoms with van der Waals surface area (Å²) >= 11 is 0. The van der Waals surface area contributed by atoms with Crippen molar-refractivity contribution in [3.05, 3.63) is 35.9 Å². The van der Waals surface area contributed by atoms with Crippen LogP contribution in [0.15, 0.2) is 30.3 Å². The fraction of sp³-hybridized carbons (Fsp3) is 0.438. The quantitative estimate of drug-likeness (QED) is 0.617. The predicted molar refractivity (Wildman–Crippen MR) is 79.3 cm³/mol. The molecule has 1 saturated heterocycles. The van der Waals surface area contributed by atoms with E-state index < -0.39 is 30.1 Å². The van der Waals surface area contributed by atoms with Gasteiger partial charge in [-0.2, -0.15) is 0 Å². The molecular formula is C16H19NO6. The number of hydrogen-bond donors (Lipinski definition) is 0. The minimum atomic E-state index is -0.840. The third kappa shape index (κ3) is 3.80. The van der Waals surface area contributed by atoms with Crippen LogP contribution in [-0.2, 0) is 30.4 Å². The average Bonchev–Trinajstić information content (AvgIpc) is 3.04. The Morgan fingerprint density at radius 3 is 2.00 bits per heavy atom. The van der Waals surface area contributed by atoms with Gasteiger partial charge in [0.2, 0.25) is 0 Å². The first-order valence-corrected chi connectivity index (χ1v) is 7.23. The van der Waals surface area contributed by atoms with Crippen molar-refractivity contribution in [1.29, 1.82) is 0 Å². The van der Waals surface area contributed by atoms with Gasteiger partial charge in [-0.1, -0.05) is 30.3 Å². The number of esters is 2. The number of benzene rings is 1. The largest absolute Gasteiger partial charge is 0.467 e. The molecule has 1 aliphatic heterocycles. The van der Waals surface area contributed by atoms with Crippen molar-refractivity contribution in [2.45, 2.75) is 31.5 Å². The molecule has 0 radical (unpaired) electrons. The molecule has 1 amide bonds. The first-order chi connectivity index (χ1) is 11.1. The number of rotatable bonds is 4. The van der Waals surface area contributed by atoms with E-state index in [1.807, 2.05) is 30.3 Å². The van der Waals surface area contributed by atoms with Crippen LogP contribution in [0.5, 0.6) is 0 Å². The van der Waals surface area contributed by atoms with E-state index in [9.17, 15) is 14.4 Å². The molecule has 1 aliphatic rings. The zero-order chi connectivity index (χ0) is 16.8. The molecule has 2 atom stereocenters. The lowest BCUT2D eigenvalue weighted by Gasteiger charge is -2.26. The Kier molecular flexibility index (Phi) is 5.56. The molecule has 0 aliphatic carbocycles. The maximum atomic E-state index is 12.4. The zero-order valence-electron chi connectivity index (χ0n) is 13.1. The Labute approximate surface area is 134 Å². The second-order valence-electron chi connectivity index (χ2n) is 5.10. The van der Waals surface area contributed by atoms with Crippen LogP contribution >= 0.6 is 0 Å². The highest BCUT2D eigenvalue weighted by molar-refractivity contribution is 5.88. The topological polar surface area (TPSA) is 82.1 Å². The number of amides is 1. The van der Waals surface area contributed by atoms with Crippen molar-refractivity contribution in [3.63, 3.8) is 0 Å². The van der Waals surface area contributed by atoms with E-state index in [1.165, 1.54) is 14.2 Å². The summed E-state index contributed by atoms with van der Waals surface area (Å²) in [5.74, 6) is -1.15. The van der Waals surface area contributed by atoms with Gasteiger partial charge in [0.15, 0.2) is 0 Å². The summed E-state index contributed by atoms with van der Waals surface area (Å²) in [6, 6.07) is 7.45. The van der Waals surface area contributed by atoms with Crippen molar-refractivity contribution in [2.24, 2.45) is 0 Å². The SMILES string of the molecule is COC(=O)[C@H]1CC[C@H](C(=O)OC)N1C(=O)OCc1ccccc1. The van der Waals surface area contributed by atoms with Crippen LogP contribution in [0.4, 0.5) is 4.79 Å². The van der Waals surface area contributed by atoms with Crippen molar-refractivity contribution >= 4 is 18.0 Å². The van der Waals surface area contributed by atoms with Gasteiger partial charge < -0.3 is 14.2 Å². The molecule has 23 heavy (non-hydrogen) atoms. The Morgan fingerprint density at radius 2 is 1.52 bits per heavy atom. The number of likely N-dealkylation sites (tertiary alicyclic amines) is 1. The molecule has 1 aromatic carbocycles. The summed E-state index contributed by atoms with van der Waals surface area (Å²) in [6.07, 6.45) is -0.0862. The van der Waals surface area contributed by atoms with Crippen LogP contribution in [0.1, 0.15) is 18.4 Å². The minimum absolute atomic E-state index is 0.0535. The number of ether oxygens (including phenoxy) is 3. The molecule has 0 spiro atoms. The summed E-state index contributed by atoms with van der Waals surface area (Å²) in [7, 11) is 2.47. The Hall–Kier alpha value is -2.57. The van der Waals surface area contributed by atoms with Gasteiger partial charge in [0, 0.05) is 0 Å². The van der Waals surface area contributed by atoms with Crippen molar-refractivity contribution in [3.8, 4) is 0 Å². The highest BCUT2D eigenvalue weighted by Gasteiger charge is 2.46. The van der Waals surface area contributed by atoms with Gasteiger partial charge in [0.25, 0.3) is 0 Å². The number of carbonyl (C=O) groups is 3. The predicted octanol–water partition coefficient (Wildman–Crippen LogP) is 1.50. The first kappa shape index (κ1) is 16.8. The maximum Gasteiger partial charge on any atom is 0.411 e. The lowest BCUT2D eigenvalue weighted by molar-refractivity contribution is -0.149. The Bertz CT molecular complexity index is 549. The summed E-state index contributed by atoms with van der Waals surface area (Å²) in [6.45, 7) is 0.0535. The van der Waals surface area contributed by atoms with Gasteiger partial charge in [-0.15, -0.1) is 0 Å². The van der Waals surface area contributed by atoms with Crippen LogP contribution in [0, 0.1) is 0 Å². The van der Waals surface area contributed by atoms with E-state index in [1.54, 1.807) is 0 Å². The second-order valence-corrected chi connectivity index (χ2v) is 5.10. The summed E-state index contributed by atoms with van der Waals surface area (Å²) in [4.78, 5) is 37.2. The Morgan fingerprint density at radius 1 is 1.00 bits per heavy atom. The molecule has 0 unspecified atom stereocenters. The molecule has 0 aromatic heterocycles. The molecule has 0 saturated carbocycles. The molecule has 0 bridgehead atoms. The van der Waals surface area contributed by atoms with Crippen molar-refractivity contribution in [2.75, 3.05) is 14.2 Å². The molecule has 7 heteroatoms. The van der Waals surface area contributed by atoms with Crippen molar-refractivity contribution < 1.29 is 28.6 Å². The van der Waals surface area contributed by atoms with Gasteiger partial charge in [0.1, 0.15) is 18.7 Å². The lowest BCUT2D eigenvalue weighted by Crippen LogP contribution is -2.48. The molecular weight excluding hydrogens is 302 g/mol. The minimum Gasteiger partial charge on any atom is -0.467 e. The van der Waals surface area contributed by atoms with E-state index in [-0.39, 0.29) is 6.61 Å². The Balaban J connectivity index is 2.10. The van der Waals surface area contributed by atoms with E-state index in [2.05, 4.69) is 0 Å². The fourth-order valence-electron chi connectivity index (χ4n) is 2.59. The van der Waals surface area contributed by atoms with E-state index in [0.717, 1.165) is 10.5 Å².